The molecule has 1 rings (SSSR count). The second-order valence-corrected chi connectivity index (χ2v) is 4.87. The lowest BCUT2D eigenvalue weighted by Crippen LogP contribution is -1.77. The molecule has 0 aliphatic carbocycles. The highest BCUT2D eigenvalue weighted by atomic mass is 79.9. The molecule has 0 heterocycles. The number of hydrogen-bond acceptors (Lipinski definition) is 1. The molecule has 0 fully saturated rings. The average Bonchev–Trinajstić information content (AvgIpc) is 2.20. The quantitative estimate of drug-likeness (QED) is 0.559. The maximum atomic E-state index is 3.40. The van der Waals surface area contributed by atoms with E-state index in [-0.39, 0.29) is 0 Å². The lowest BCUT2D eigenvalue weighted by atomic mass is 10.4. The zero-order valence-corrected chi connectivity index (χ0v) is 11.9. The number of alkyl halides is 1. The van der Waals surface area contributed by atoms with Gasteiger partial charge in [-0.3, -0.25) is 0 Å². The summed E-state index contributed by atoms with van der Waals surface area (Å²) < 4.78 is 1.14. The molecule has 3 heteroatoms. The van der Waals surface area contributed by atoms with Gasteiger partial charge < -0.3 is 0 Å². The SMILES string of the molecule is BrCCSc1ccc(Br)cc1.CC. The van der Waals surface area contributed by atoms with Gasteiger partial charge in [-0.15, -0.1) is 11.8 Å². The van der Waals surface area contributed by atoms with Crippen molar-refractivity contribution in [3.63, 3.8) is 0 Å². The molecule has 1 aromatic carbocycles. The van der Waals surface area contributed by atoms with Crippen molar-refractivity contribution < 1.29 is 0 Å². The Morgan fingerprint density at radius 3 is 2.15 bits per heavy atom. The van der Waals surface area contributed by atoms with E-state index in [1.54, 1.807) is 0 Å². The molecule has 13 heavy (non-hydrogen) atoms. The molecule has 0 atom stereocenters. The largest absolute Gasteiger partial charge is 0.125 e. The van der Waals surface area contributed by atoms with Gasteiger partial charge in [-0.05, 0) is 24.3 Å². The molecule has 0 spiro atoms. The van der Waals surface area contributed by atoms with E-state index in [9.17, 15) is 0 Å². The summed E-state index contributed by atoms with van der Waals surface area (Å²) >= 11 is 8.65. The Morgan fingerprint density at radius 2 is 1.69 bits per heavy atom. The first-order valence-corrected chi connectivity index (χ1v) is 7.17. The number of benzene rings is 1. The van der Waals surface area contributed by atoms with E-state index in [0.717, 1.165) is 15.6 Å². The molecule has 1 aromatic rings. The van der Waals surface area contributed by atoms with Crippen LogP contribution in [0.15, 0.2) is 33.6 Å². The number of hydrogen-bond donors (Lipinski definition) is 0. The van der Waals surface area contributed by atoms with E-state index in [2.05, 4.69) is 56.1 Å². The zero-order chi connectivity index (χ0) is 10.1. The lowest BCUT2D eigenvalue weighted by molar-refractivity contribution is 1.42. The zero-order valence-electron chi connectivity index (χ0n) is 7.89. The van der Waals surface area contributed by atoms with Crippen LogP contribution in [0.2, 0.25) is 0 Å². The van der Waals surface area contributed by atoms with Gasteiger partial charge in [0.05, 0.1) is 0 Å². The van der Waals surface area contributed by atoms with Crippen LogP contribution in [0.4, 0.5) is 0 Å². The Hall–Kier alpha value is 0.530. The molecular weight excluding hydrogens is 312 g/mol. The molecule has 0 N–H and O–H groups in total. The van der Waals surface area contributed by atoms with Crippen LogP contribution in [-0.4, -0.2) is 11.1 Å². The first kappa shape index (κ1) is 13.5. The molecular formula is C10H14Br2S. The Bertz CT molecular complexity index is 209. The average molecular weight is 326 g/mol. The van der Waals surface area contributed by atoms with Crippen LogP contribution in [0.1, 0.15) is 13.8 Å². The molecule has 0 aromatic heterocycles. The summed E-state index contributed by atoms with van der Waals surface area (Å²) in [4.78, 5) is 1.33. The van der Waals surface area contributed by atoms with Gasteiger partial charge in [0, 0.05) is 20.5 Å². The maximum absolute atomic E-state index is 3.40. The van der Waals surface area contributed by atoms with Gasteiger partial charge in [0.1, 0.15) is 0 Å². The highest BCUT2D eigenvalue weighted by Crippen LogP contribution is 2.20. The van der Waals surface area contributed by atoms with Crippen molar-refractivity contribution in [2.24, 2.45) is 0 Å². The summed E-state index contributed by atoms with van der Waals surface area (Å²) in [5.41, 5.74) is 0. The monoisotopic (exact) mass is 324 g/mol. The van der Waals surface area contributed by atoms with Crippen LogP contribution >= 0.6 is 43.6 Å². The Kier molecular flexibility index (Phi) is 9.47. The van der Waals surface area contributed by atoms with E-state index >= 15 is 0 Å². The second kappa shape index (κ2) is 9.10. The van der Waals surface area contributed by atoms with Gasteiger partial charge in [0.25, 0.3) is 0 Å². The Balaban J connectivity index is 0.000000671. The van der Waals surface area contributed by atoms with Crippen LogP contribution in [0.25, 0.3) is 0 Å². The van der Waals surface area contributed by atoms with Crippen molar-refractivity contribution in [2.45, 2.75) is 18.7 Å². The molecule has 0 aliphatic heterocycles. The first-order valence-electron chi connectivity index (χ1n) is 4.27. The summed E-state index contributed by atoms with van der Waals surface area (Å²) in [5.74, 6) is 1.13. The number of rotatable bonds is 3. The van der Waals surface area contributed by atoms with Crippen molar-refractivity contribution in [1.29, 1.82) is 0 Å². The smallest absolute Gasteiger partial charge is 0.0176 e. The number of thioether (sulfide) groups is 1. The van der Waals surface area contributed by atoms with Crippen LogP contribution in [0, 0.1) is 0 Å². The van der Waals surface area contributed by atoms with Gasteiger partial charge >= 0.3 is 0 Å². The van der Waals surface area contributed by atoms with Crippen molar-refractivity contribution in [2.75, 3.05) is 11.1 Å². The first-order chi connectivity index (χ1) is 6.33. The van der Waals surface area contributed by atoms with Crippen LogP contribution in [0.5, 0.6) is 0 Å². The predicted molar refractivity (Wildman–Crippen MR) is 70.0 cm³/mol. The molecule has 0 saturated heterocycles. The van der Waals surface area contributed by atoms with Crippen LogP contribution < -0.4 is 0 Å². The minimum absolute atomic E-state index is 1.05. The fraction of sp³-hybridized carbons (Fsp3) is 0.400. The van der Waals surface area contributed by atoms with Crippen molar-refractivity contribution in [1.82, 2.24) is 0 Å². The number of halogens is 2. The highest BCUT2D eigenvalue weighted by Gasteiger charge is 1.91. The summed E-state index contributed by atoms with van der Waals surface area (Å²) in [7, 11) is 0. The molecule has 0 amide bonds. The molecule has 0 unspecified atom stereocenters. The summed E-state index contributed by atoms with van der Waals surface area (Å²) in [6.45, 7) is 4.00. The van der Waals surface area contributed by atoms with E-state index in [1.807, 2.05) is 25.6 Å². The highest BCUT2D eigenvalue weighted by molar-refractivity contribution is 9.10. The van der Waals surface area contributed by atoms with Crippen molar-refractivity contribution >= 4 is 43.6 Å². The Labute approximate surface area is 102 Å². The topological polar surface area (TPSA) is 0 Å². The van der Waals surface area contributed by atoms with E-state index < -0.39 is 0 Å². The lowest BCUT2D eigenvalue weighted by Gasteiger charge is -1.97. The van der Waals surface area contributed by atoms with E-state index in [4.69, 9.17) is 0 Å². The van der Waals surface area contributed by atoms with Crippen LogP contribution in [-0.2, 0) is 0 Å². The maximum Gasteiger partial charge on any atom is 0.0176 e. The normalized spacial score (nSPS) is 8.92. The minimum atomic E-state index is 1.05. The van der Waals surface area contributed by atoms with E-state index in [1.165, 1.54) is 4.90 Å². The molecule has 0 nitrogen and oxygen atoms in total. The molecule has 0 saturated carbocycles. The predicted octanol–water partition coefficient (Wildman–Crippen LogP) is 4.96. The summed E-state index contributed by atoms with van der Waals surface area (Å²) in [6.07, 6.45) is 0. The molecule has 0 bridgehead atoms. The van der Waals surface area contributed by atoms with Gasteiger partial charge in [0.2, 0.25) is 0 Å². The summed E-state index contributed by atoms with van der Waals surface area (Å²) in [6, 6.07) is 8.38. The second-order valence-electron chi connectivity index (χ2n) is 1.99. The molecule has 0 aliphatic rings. The third-order valence-corrected chi connectivity index (χ3v) is 3.62. The van der Waals surface area contributed by atoms with Gasteiger partial charge in [-0.2, -0.15) is 0 Å². The third kappa shape index (κ3) is 6.58. The minimum Gasteiger partial charge on any atom is -0.125 e. The van der Waals surface area contributed by atoms with Crippen molar-refractivity contribution in [3.8, 4) is 0 Å². The molecule has 0 radical (unpaired) electrons. The van der Waals surface area contributed by atoms with Gasteiger partial charge in [0.15, 0.2) is 0 Å². The van der Waals surface area contributed by atoms with Crippen molar-refractivity contribution in [3.05, 3.63) is 28.7 Å². The molecule has 74 valence electrons. The third-order valence-electron chi connectivity index (χ3n) is 1.16. The van der Waals surface area contributed by atoms with Crippen LogP contribution in [0.3, 0.4) is 0 Å². The van der Waals surface area contributed by atoms with Gasteiger partial charge in [-0.1, -0.05) is 45.7 Å². The fourth-order valence-corrected chi connectivity index (χ4v) is 2.08. The standard InChI is InChI=1S/C8H8Br2S.C2H6/c9-5-6-11-8-3-1-7(10)2-4-8;1-2/h1-4H,5-6H2;1-2H3. The Morgan fingerprint density at radius 1 is 1.15 bits per heavy atom. The van der Waals surface area contributed by atoms with E-state index in [0.29, 0.717) is 0 Å². The fourth-order valence-electron chi connectivity index (χ4n) is 0.687. The van der Waals surface area contributed by atoms with Gasteiger partial charge in [-0.25, -0.2) is 0 Å². The summed E-state index contributed by atoms with van der Waals surface area (Å²) in [5, 5.41) is 1.05.